The molecule has 0 N–H and O–H groups in total. The van der Waals surface area contributed by atoms with E-state index in [-0.39, 0.29) is 0 Å². The minimum absolute atomic E-state index is 0.511. The van der Waals surface area contributed by atoms with Gasteiger partial charge in [-0.05, 0) is 64.3 Å². The van der Waals surface area contributed by atoms with Crippen molar-refractivity contribution in [1.82, 2.24) is 19.6 Å². The Labute approximate surface area is 190 Å². The summed E-state index contributed by atoms with van der Waals surface area (Å²) >= 11 is 0. The first-order valence-corrected chi connectivity index (χ1v) is 12.7. The summed E-state index contributed by atoms with van der Waals surface area (Å²) in [5.41, 5.74) is 2.85. The van der Waals surface area contributed by atoms with E-state index in [1.54, 1.807) is 7.11 Å². The fraction of sp³-hybridized carbons (Fsp3) is 0.769. The van der Waals surface area contributed by atoms with Crippen molar-refractivity contribution in [3.05, 3.63) is 35.4 Å². The molecule has 0 aromatic heterocycles. The van der Waals surface area contributed by atoms with Crippen molar-refractivity contribution in [2.45, 2.75) is 51.1 Å². The van der Waals surface area contributed by atoms with Gasteiger partial charge in [0.25, 0.3) is 0 Å². The molecule has 5 heteroatoms. The van der Waals surface area contributed by atoms with Crippen molar-refractivity contribution in [3.63, 3.8) is 0 Å². The molecule has 0 bridgehead atoms. The van der Waals surface area contributed by atoms with Gasteiger partial charge in [0.2, 0.25) is 0 Å². The fourth-order valence-corrected chi connectivity index (χ4v) is 5.73. The van der Waals surface area contributed by atoms with Crippen molar-refractivity contribution < 1.29 is 4.74 Å². The van der Waals surface area contributed by atoms with Crippen LogP contribution in [-0.4, -0.2) is 105 Å². The third-order valence-corrected chi connectivity index (χ3v) is 7.82. The maximum atomic E-state index is 5.29. The number of nitrogens with zero attached hydrogens (tertiary/aromatic N) is 4. The lowest BCUT2D eigenvalue weighted by atomic mass is 9.97. The molecule has 3 aliphatic heterocycles. The number of piperidine rings is 2. The maximum absolute atomic E-state index is 5.29. The smallest absolute Gasteiger partial charge is 0.0589 e. The number of hydrogen-bond acceptors (Lipinski definition) is 5. The summed E-state index contributed by atoms with van der Waals surface area (Å²) in [5, 5.41) is 0. The van der Waals surface area contributed by atoms with Crippen LogP contribution >= 0.6 is 0 Å². The van der Waals surface area contributed by atoms with Gasteiger partial charge in [0.15, 0.2) is 0 Å². The van der Waals surface area contributed by atoms with Crippen molar-refractivity contribution >= 4 is 0 Å². The molecule has 1 atom stereocenters. The monoisotopic (exact) mass is 428 g/mol. The molecule has 5 nitrogen and oxygen atoms in total. The van der Waals surface area contributed by atoms with E-state index in [0.717, 1.165) is 45.4 Å². The molecule has 174 valence electrons. The third kappa shape index (κ3) is 6.52. The Morgan fingerprint density at radius 2 is 1.52 bits per heavy atom. The summed E-state index contributed by atoms with van der Waals surface area (Å²) in [6, 6.07) is 10.7. The predicted molar refractivity (Wildman–Crippen MR) is 129 cm³/mol. The van der Waals surface area contributed by atoms with Crippen molar-refractivity contribution in [3.8, 4) is 0 Å². The summed E-state index contributed by atoms with van der Waals surface area (Å²) in [5.74, 6) is 0. The van der Waals surface area contributed by atoms with Crippen LogP contribution in [0.4, 0.5) is 0 Å². The number of methoxy groups -OCH3 is 1. The van der Waals surface area contributed by atoms with E-state index in [2.05, 4.69) is 50.8 Å². The van der Waals surface area contributed by atoms with Crippen molar-refractivity contribution in [2.75, 3.05) is 79.2 Å². The molecule has 3 aliphatic rings. The number of benzene rings is 1. The van der Waals surface area contributed by atoms with Gasteiger partial charge in [-0.2, -0.15) is 0 Å². The second kappa shape index (κ2) is 11.8. The van der Waals surface area contributed by atoms with Crippen LogP contribution < -0.4 is 0 Å². The molecular weight excluding hydrogens is 384 g/mol. The summed E-state index contributed by atoms with van der Waals surface area (Å²) in [6.45, 7) is 15.1. The Kier molecular flexibility index (Phi) is 8.79. The van der Waals surface area contributed by atoms with Gasteiger partial charge in [-0.15, -0.1) is 0 Å². The van der Waals surface area contributed by atoms with E-state index in [0.29, 0.717) is 6.04 Å². The summed E-state index contributed by atoms with van der Waals surface area (Å²) in [4.78, 5) is 10.8. The van der Waals surface area contributed by atoms with Crippen molar-refractivity contribution in [2.24, 2.45) is 0 Å². The first kappa shape index (κ1) is 23.2. The molecule has 0 radical (unpaired) electrons. The zero-order valence-electron chi connectivity index (χ0n) is 20.0. The van der Waals surface area contributed by atoms with Gasteiger partial charge in [-0.25, -0.2) is 0 Å². The van der Waals surface area contributed by atoms with Gasteiger partial charge in [0, 0.05) is 58.5 Å². The lowest BCUT2D eigenvalue weighted by Gasteiger charge is -2.44. The Bertz CT molecular complexity index is 629. The number of likely N-dealkylation sites (tertiary alicyclic amines) is 2. The highest BCUT2D eigenvalue weighted by Crippen LogP contribution is 2.27. The maximum Gasteiger partial charge on any atom is 0.0589 e. The second-order valence-corrected chi connectivity index (χ2v) is 9.93. The molecule has 3 fully saturated rings. The average molecular weight is 429 g/mol. The number of ether oxygens (including phenoxy) is 1. The van der Waals surface area contributed by atoms with E-state index in [9.17, 15) is 0 Å². The molecule has 4 rings (SSSR count). The lowest BCUT2D eigenvalue weighted by Crippen LogP contribution is -2.52. The normalized spacial score (nSPS) is 24.5. The zero-order chi connectivity index (χ0) is 21.5. The van der Waals surface area contributed by atoms with E-state index >= 15 is 0 Å². The Morgan fingerprint density at radius 1 is 0.839 bits per heavy atom. The van der Waals surface area contributed by atoms with Crippen LogP contribution in [0.2, 0.25) is 0 Å². The standard InChI is InChI=1S/C26H44N4O/c1-23-6-8-24(9-7-23)26(30-18-16-27(17-19-30)20-21-31-2)22-28-14-10-25(11-15-28)29-12-4-3-5-13-29/h6-9,25-26H,3-5,10-22H2,1-2H3. The predicted octanol–water partition coefficient (Wildman–Crippen LogP) is 3.25. The van der Waals surface area contributed by atoms with Crippen molar-refractivity contribution in [1.29, 1.82) is 0 Å². The molecule has 1 aromatic rings. The van der Waals surface area contributed by atoms with Gasteiger partial charge < -0.3 is 14.5 Å². The highest BCUT2D eigenvalue weighted by molar-refractivity contribution is 5.24. The summed E-state index contributed by atoms with van der Waals surface area (Å²) in [7, 11) is 1.80. The fourth-order valence-electron chi connectivity index (χ4n) is 5.73. The molecule has 0 saturated carbocycles. The topological polar surface area (TPSA) is 22.2 Å². The van der Waals surface area contributed by atoms with E-state index in [1.807, 2.05) is 0 Å². The number of hydrogen-bond donors (Lipinski definition) is 0. The van der Waals surface area contributed by atoms with Gasteiger partial charge in [0.05, 0.1) is 6.61 Å². The average Bonchev–Trinajstić information content (AvgIpc) is 2.83. The van der Waals surface area contributed by atoms with Crippen LogP contribution in [0.3, 0.4) is 0 Å². The van der Waals surface area contributed by atoms with Crippen LogP contribution in [0.5, 0.6) is 0 Å². The van der Waals surface area contributed by atoms with Crippen LogP contribution in [0.15, 0.2) is 24.3 Å². The minimum Gasteiger partial charge on any atom is -0.383 e. The lowest BCUT2D eigenvalue weighted by molar-refractivity contribution is 0.0445. The molecule has 0 spiro atoms. The molecule has 0 amide bonds. The molecular formula is C26H44N4O. The largest absolute Gasteiger partial charge is 0.383 e. The number of rotatable bonds is 8. The molecule has 1 aromatic carbocycles. The quantitative estimate of drug-likeness (QED) is 0.632. The van der Waals surface area contributed by atoms with Crippen LogP contribution in [0, 0.1) is 6.92 Å². The molecule has 1 unspecified atom stereocenters. The summed E-state index contributed by atoms with van der Waals surface area (Å²) < 4.78 is 5.29. The minimum atomic E-state index is 0.511. The summed E-state index contributed by atoms with van der Waals surface area (Å²) in [6.07, 6.45) is 6.96. The van der Waals surface area contributed by atoms with Crippen LogP contribution in [-0.2, 0) is 4.74 Å². The Morgan fingerprint density at radius 3 is 2.16 bits per heavy atom. The van der Waals surface area contributed by atoms with Gasteiger partial charge in [-0.1, -0.05) is 36.2 Å². The SMILES string of the molecule is COCCN1CCN(C(CN2CCC(N3CCCCC3)CC2)c2ccc(C)cc2)CC1. The molecule has 31 heavy (non-hydrogen) atoms. The first-order chi connectivity index (χ1) is 15.2. The third-order valence-electron chi connectivity index (χ3n) is 7.82. The van der Waals surface area contributed by atoms with Gasteiger partial charge in [0.1, 0.15) is 0 Å². The Hall–Kier alpha value is -0.980. The highest BCUT2D eigenvalue weighted by Gasteiger charge is 2.30. The van der Waals surface area contributed by atoms with Crippen LogP contribution in [0.25, 0.3) is 0 Å². The zero-order valence-corrected chi connectivity index (χ0v) is 20.0. The Balaban J connectivity index is 1.35. The van der Waals surface area contributed by atoms with Gasteiger partial charge in [-0.3, -0.25) is 9.80 Å². The number of piperazine rings is 1. The van der Waals surface area contributed by atoms with Gasteiger partial charge >= 0.3 is 0 Å². The molecule has 0 aliphatic carbocycles. The highest BCUT2D eigenvalue weighted by atomic mass is 16.5. The molecule has 3 saturated heterocycles. The van der Waals surface area contributed by atoms with Crippen LogP contribution in [0.1, 0.15) is 49.3 Å². The first-order valence-electron chi connectivity index (χ1n) is 12.7. The second-order valence-electron chi connectivity index (χ2n) is 9.93. The van der Waals surface area contributed by atoms with E-state index in [4.69, 9.17) is 4.74 Å². The number of aryl methyl sites for hydroxylation is 1. The molecule has 3 heterocycles. The van der Waals surface area contributed by atoms with E-state index in [1.165, 1.54) is 76.0 Å². The van der Waals surface area contributed by atoms with E-state index < -0.39 is 0 Å².